The number of carbonyl (C=O) groups is 2. The fourth-order valence-corrected chi connectivity index (χ4v) is 4.70. The second-order valence-corrected chi connectivity index (χ2v) is 9.53. The smallest absolute Gasteiger partial charge is 0.254 e. The van der Waals surface area contributed by atoms with Gasteiger partial charge in [-0.05, 0) is 56.8 Å². The quantitative estimate of drug-likeness (QED) is 0.650. The first-order valence-electron chi connectivity index (χ1n) is 11.3. The van der Waals surface area contributed by atoms with Gasteiger partial charge in [-0.1, -0.05) is 27.2 Å². The summed E-state index contributed by atoms with van der Waals surface area (Å²) < 4.78 is 6.09. The third-order valence-electron chi connectivity index (χ3n) is 7.09. The van der Waals surface area contributed by atoms with Crippen LogP contribution >= 0.6 is 0 Å². The number of nitrogens with zero attached hydrogens (tertiary/aromatic N) is 3. The van der Waals surface area contributed by atoms with Crippen LogP contribution in [-0.2, 0) is 14.3 Å². The Kier molecular flexibility index (Phi) is 8.51. The number of carbonyl (C=O) groups excluding carboxylic acids is 2. The molecular weight excluding hydrogens is 366 g/mol. The first kappa shape index (κ1) is 23.7. The topological polar surface area (TPSA) is 73.6 Å². The summed E-state index contributed by atoms with van der Waals surface area (Å²) in [7, 11) is 0. The fraction of sp³-hybridized carbons (Fsp3) is 0.870. The van der Waals surface area contributed by atoms with Gasteiger partial charge >= 0.3 is 0 Å². The number of hydrogen-bond donors (Lipinski definition) is 0. The van der Waals surface area contributed by atoms with E-state index in [9.17, 15) is 9.59 Å². The predicted octanol–water partition coefficient (Wildman–Crippen LogP) is 3.46. The molecule has 2 saturated heterocycles. The molecule has 2 rings (SSSR count). The van der Waals surface area contributed by atoms with E-state index in [1.165, 1.54) is 0 Å². The van der Waals surface area contributed by atoms with Crippen LogP contribution in [0.25, 0.3) is 0 Å². The van der Waals surface area contributed by atoms with Crippen LogP contribution in [0.1, 0.15) is 66.7 Å². The molecule has 2 fully saturated rings. The number of rotatable bonds is 7. The molecule has 0 radical (unpaired) electrons. The lowest BCUT2D eigenvalue weighted by Gasteiger charge is -2.40. The maximum Gasteiger partial charge on any atom is 0.254 e. The van der Waals surface area contributed by atoms with E-state index < -0.39 is 5.60 Å². The number of amides is 2. The molecular formula is C23H39N3O3. The lowest BCUT2D eigenvalue weighted by atomic mass is 9.84. The highest BCUT2D eigenvalue weighted by Gasteiger charge is 2.37. The van der Waals surface area contributed by atoms with Crippen molar-refractivity contribution in [3.8, 4) is 6.07 Å². The molecule has 4 unspecified atom stereocenters. The Bertz CT molecular complexity index is 613. The molecule has 2 heterocycles. The largest absolute Gasteiger partial charge is 0.366 e. The van der Waals surface area contributed by atoms with Crippen LogP contribution in [0, 0.1) is 35.0 Å². The summed E-state index contributed by atoms with van der Waals surface area (Å²) in [5.74, 6) is 2.11. The monoisotopic (exact) mass is 405 g/mol. The number of ether oxygens (including phenoxy) is 1. The Hall–Kier alpha value is -1.61. The first-order valence-corrected chi connectivity index (χ1v) is 11.3. The number of likely N-dealkylation sites (tertiary alicyclic amines) is 2. The zero-order valence-corrected chi connectivity index (χ0v) is 18.9. The van der Waals surface area contributed by atoms with Crippen molar-refractivity contribution in [2.75, 3.05) is 32.8 Å². The molecule has 2 aliphatic heterocycles. The SMILES string of the molecule is CCC1CN(C(=O)C(C)(C)OCCC2CN(C(=O)CC#N)CCC2C)CCC1C. The summed E-state index contributed by atoms with van der Waals surface area (Å²) in [4.78, 5) is 28.9. The van der Waals surface area contributed by atoms with Gasteiger partial charge in [0.1, 0.15) is 12.0 Å². The van der Waals surface area contributed by atoms with Gasteiger partial charge in [0.25, 0.3) is 5.91 Å². The van der Waals surface area contributed by atoms with Crippen LogP contribution in [-0.4, -0.2) is 60.0 Å². The van der Waals surface area contributed by atoms with Crippen molar-refractivity contribution in [1.29, 1.82) is 5.26 Å². The molecule has 29 heavy (non-hydrogen) atoms. The van der Waals surface area contributed by atoms with Gasteiger partial charge in [0.15, 0.2) is 0 Å². The minimum atomic E-state index is -0.826. The maximum absolute atomic E-state index is 13.1. The second kappa shape index (κ2) is 10.4. The average Bonchev–Trinajstić information content (AvgIpc) is 2.69. The molecule has 0 bridgehead atoms. The molecule has 0 N–H and O–H groups in total. The van der Waals surface area contributed by atoms with Crippen molar-refractivity contribution >= 4 is 11.8 Å². The Labute approximate surface area is 176 Å². The maximum atomic E-state index is 13.1. The van der Waals surface area contributed by atoms with E-state index in [0.717, 1.165) is 45.3 Å². The van der Waals surface area contributed by atoms with E-state index in [-0.39, 0.29) is 18.2 Å². The Morgan fingerprint density at radius 1 is 1.07 bits per heavy atom. The van der Waals surface area contributed by atoms with Gasteiger partial charge in [-0.25, -0.2) is 0 Å². The van der Waals surface area contributed by atoms with E-state index in [1.54, 1.807) is 0 Å². The summed E-state index contributed by atoms with van der Waals surface area (Å²) in [6, 6.07) is 1.95. The van der Waals surface area contributed by atoms with Crippen LogP contribution in [0.4, 0.5) is 0 Å². The van der Waals surface area contributed by atoms with Crippen molar-refractivity contribution < 1.29 is 14.3 Å². The molecule has 0 spiro atoms. The number of nitriles is 1. The molecule has 164 valence electrons. The van der Waals surface area contributed by atoms with Crippen LogP contribution in [0.5, 0.6) is 0 Å². The third kappa shape index (κ3) is 6.18. The van der Waals surface area contributed by atoms with Crippen molar-refractivity contribution in [2.45, 2.75) is 72.3 Å². The Balaban J connectivity index is 1.85. The molecule has 6 nitrogen and oxygen atoms in total. The lowest BCUT2D eigenvalue weighted by Crippen LogP contribution is -2.52. The van der Waals surface area contributed by atoms with Gasteiger partial charge in [-0.2, -0.15) is 5.26 Å². The minimum Gasteiger partial charge on any atom is -0.366 e. The van der Waals surface area contributed by atoms with Crippen LogP contribution in [0.3, 0.4) is 0 Å². The summed E-state index contributed by atoms with van der Waals surface area (Å²) in [6.45, 7) is 14.0. The standard InChI is InChI=1S/C23H39N3O3/c1-6-19-15-26(13-9-17(19)2)22(28)23(4,5)29-14-10-20-16-25(12-8-18(20)3)21(27)7-11-24/h17-20H,6-10,12-16H2,1-5H3. The van der Waals surface area contributed by atoms with Crippen molar-refractivity contribution in [1.82, 2.24) is 9.80 Å². The highest BCUT2D eigenvalue weighted by molar-refractivity contribution is 5.84. The van der Waals surface area contributed by atoms with E-state index >= 15 is 0 Å². The Morgan fingerprint density at radius 2 is 1.66 bits per heavy atom. The van der Waals surface area contributed by atoms with Crippen LogP contribution < -0.4 is 0 Å². The average molecular weight is 406 g/mol. The summed E-state index contributed by atoms with van der Waals surface area (Å²) >= 11 is 0. The number of piperidine rings is 2. The highest BCUT2D eigenvalue weighted by Crippen LogP contribution is 2.29. The molecule has 6 heteroatoms. The predicted molar refractivity (Wildman–Crippen MR) is 113 cm³/mol. The van der Waals surface area contributed by atoms with Gasteiger partial charge < -0.3 is 14.5 Å². The second-order valence-electron chi connectivity index (χ2n) is 9.53. The normalized spacial score (nSPS) is 28.1. The van der Waals surface area contributed by atoms with E-state index in [2.05, 4.69) is 20.8 Å². The van der Waals surface area contributed by atoms with Crippen molar-refractivity contribution in [2.24, 2.45) is 23.7 Å². The van der Waals surface area contributed by atoms with Gasteiger partial charge in [0.05, 0.1) is 6.07 Å². The fourth-order valence-electron chi connectivity index (χ4n) is 4.70. The molecule has 0 saturated carbocycles. The van der Waals surface area contributed by atoms with Gasteiger partial charge in [-0.3, -0.25) is 9.59 Å². The van der Waals surface area contributed by atoms with E-state index in [1.807, 2.05) is 29.7 Å². The van der Waals surface area contributed by atoms with Gasteiger partial charge in [-0.15, -0.1) is 0 Å². The Morgan fingerprint density at radius 3 is 2.28 bits per heavy atom. The molecule has 0 aromatic heterocycles. The summed E-state index contributed by atoms with van der Waals surface area (Å²) in [5.41, 5.74) is -0.826. The van der Waals surface area contributed by atoms with Crippen LogP contribution in [0.15, 0.2) is 0 Å². The molecule has 0 aromatic carbocycles. The van der Waals surface area contributed by atoms with E-state index in [4.69, 9.17) is 10.00 Å². The van der Waals surface area contributed by atoms with Crippen LogP contribution in [0.2, 0.25) is 0 Å². The zero-order chi connectivity index (χ0) is 21.6. The van der Waals surface area contributed by atoms with Crippen molar-refractivity contribution in [3.05, 3.63) is 0 Å². The first-order chi connectivity index (χ1) is 13.7. The summed E-state index contributed by atoms with van der Waals surface area (Å²) in [5, 5.41) is 8.77. The summed E-state index contributed by atoms with van der Waals surface area (Å²) in [6.07, 6.45) is 3.89. The molecule has 2 amide bonds. The number of hydrogen-bond acceptors (Lipinski definition) is 4. The third-order valence-corrected chi connectivity index (χ3v) is 7.09. The minimum absolute atomic E-state index is 0.0493. The molecule has 0 aromatic rings. The molecule has 0 aliphatic carbocycles. The molecule has 2 aliphatic rings. The highest BCUT2D eigenvalue weighted by atomic mass is 16.5. The van der Waals surface area contributed by atoms with Gasteiger partial charge in [0.2, 0.25) is 5.91 Å². The molecule has 4 atom stereocenters. The lowest BCUT2D eigenvalue weighted by molar-refractivity contribution is -0.157. The van der Waals surface area contributed by atoms with Gasteiger partial charge in [0, 0.05) is 32.8 Å². The van der Waals surface area contributed by atoms with Crippen molar-refractivity contribution in [3.63, 3.8) is 0 Å². The zero-order valence-electron chi connectivity index (χ0n) is 18.9. The van der Waals surface area contributed by atoms with E-state index in [0.29, 0.717) is 36.8 Å².